The highest BCUT2D eigenvalue weighted by Gasteiger charge is 2.13. The van der Waals surface area contributed by atoms with Gasteiger partial charge < -0.3 is 5.32 Å². The summed E-state index contributed by atoms with van der Waals surface area (Å²) in [5.41, 5.74) is 2.74. The summed E-state index contributed by atoms with van der Waals surface area (Å²) < 4.78 is 13.8. The molecule has 0 aliphatic rings. The van der Waals surface area contributed by atoms with E-state index in [9.17, 15) is 9.18 Å². The molecule has 0 aliphatic heterocycles. The summed E-state index contributed by atoms with van der Waals surface area (Å²) in [6, 6.07) is 18.9. The monoisotopic (exact) mass is 357 g/mol. The number of aromatic nitrogens is 2. The number of hydrogen-bond donors (Lipinski definition) is 1. The molecule has 0 aliphatic carbocycles. The summed E-state index contributed by atoms with van der Waals surface area (Å²) in [5, 5.41) is 4.17. The first-order chi connectivity index (χ1) is 13.1. The van der Waals surface area contributed by atoms with Crippen LogP contribution in [0.4, 0.5) is 10.2 Å². The zero-order valence-electron chi connectivity index (χ0n) is 14.6. The summed E-state index contributed by atoms with van der Waals surface area (Å²) in [5.74, 6) is -0.244. The Morgan fingerprint density at radius 2 is 1.85 bits per heavy atom. The molecule has 0 unspecified atom stereocenters. The Bertz CT molecular complexity index is 1140. The molecule has 4 nitrogen and oxygen atoms in total. The number of carbonyl (C=O) groups is 1. The van der Waals surface area contributed by atoms with Gasteiger partial charge in [0.1, 0.15) is 11.6 Å². The van der Waals surface area contributed by atoms with Gasteiger partial charge in [-0.1, -0.05) is 23.8 Å². The minimum Gasteiger partial charge on any atom is -0.306 e. The maximum atomic E-state index is 13.8. The van der Waals surface area contributed by atoms with Crippen LogP contribution in [0.15, 0.2) is 72.9 Å². The normalized spacial score (nSPS) is 10.7. The molecule has 0 saturated carbocycles. The molecule has 27 heavy (non-hydrogen) atoms. The lowest BCUT2D eigenvalue weighted by atomic mass is 10.1. The molecule has 4 rings (SSSR count). The summed E-state index contributed by atoms with van der Waals surface area (Å²) in [4.78, 5) is 21.6. The molecule has 0 atom stereocenters. The highest BCUT2D eigenvalue weighted by atomic mass is 19.1. The van der Waals surface area contributed by atoms with Gasteiger partial charge in [-0.3, -0.25) is 9.78 Å². The topological polar surface area (TPSA) is 54.9 Å². The number of hydrogen-bond acceptors (Lipinski definition) is 3. The van der Waals surface area contributed by atoms with Gasteiger partial charge >= 0.3 is 0 Å². The molecule has 1 N–H and O–H groups in total. The summed E-state index contributed by atoms with van der Waals surface area (Å²) in [6.45, 7) is 1.93. The number of benzene rings is 2. The molecule has 5 heteroatoms. The summed E-state index contributed by atoms with van der Waals surface area (Å²) in [7, 11) is 0. The van der Waals surface area contributed by atoms with Crippen molar-refractivity contribution >= 4 is 22.5 Å². The van der Waals surface area contributed by atoms with Crippen molar-refractivity contribution in [3.8, 4) is 11.4 Å². The van der Waals surface area contributed by atoms with E-state index < -0.39 is 0 Å². The van der Waals surface area contributed by atoms with Crippen molar-refractivity contribution in [3.63, 3.8) is 0 Å². The third-order valence-corrected chi connectivity index (χ3v) is 4.23. The maximum absolute atomic E-state index is 13.8. The van der Waals surface area contributed by atoms with E-state index in [0.717, 1.165) is 5.56 Å². The predicted octanol–water partition coefficient (Wildman–Crippen LogP) is 5.00. The molecule has 0 radical (unpaired) electrons. The smallest absolute Gasteiger partial charge is 0.256 e. The van der Waals surface area contributed by atoms with Gasteiger partial charge in [0, 0.05) is 17.1 Å². The number of nitrogens with one attached hydrogen (secondary N) is 1. The second-order valence-corrected chi connectivity index (χ2v) is 6.26. The van der Waals surface area contributed by atoms with Crippen molar-refractivity contribution in [1.82, 2.24) is 9.97 Å². The number of fused-ring (bicyclic) bond motifs is 1. The third-order valence-electron chi connectivity index (χ3n) is 4.23. The van der Waals surface area contributed by atoms with Gasteiger partial charge in [-0.15, -0.1) is 0 Å². The molecule has 132 valence electrons. The van der Waals surface area contributed by atoms with Crippen molar-refractivity contribution in [2.75, 3.05) is 5.32 Å². The van der Waals surface area contributed by atoms with E-state index in [1.807, 2.05) is 37.3 Å². The second kappa shape index (κ2) is 6.96. The second-order valence-electron chi connectivity index (χ2n) is 6.26. The predicted molar refractivity (Wildman–Crippen MR) is 104 cm³/mol. The van der Waals surface area contributed by atoms with E-state index in [0.29, 0.717) is 33.5 Å². The standard InChI is InChI=1S/C22H16FN3O/c1-14-5-4-6-15(11-14)22(27)26-21-18-9-8-17(23)12-16(18)13-20(25-21)19-7-2-3-10-24-19/h2-13H,1H3,(H,25,26,27). The Balaban J connectivity index is 1.82. The quantitative estimate of drug-likeness (QED) is 0.561. The fourth-order valence-electron chi connectivity index (χ4n) is 2.94. The molecule has 2 aromatic heterocycles. The molecule has 2 aromatic carbocycles. The maximum Gasteiger partial charge on any atom is 0.256 e. The molecule has 0 spiro atoms. The van der Waals surface area contributed by atoms with Gasteiger partial charge in [0.15, 0.2) is 0 Å². The van der Waals surface area contributed by atoms with Crippen LogP contribution < -0.4 is 5.32 Å². The number of amides is 1. The highest BCUT2D eigenvalue weighted by Crippen LogP contribution is 2.28. The number of nitrogens with zero attached hydrogens (tertiary/aromatic N) is 2. The van der Waals surface area contributed by atoms with Gasteiger partial charge in [-0.05, 0) is 60.8 Å². The van der Waals surface area contributed by atoms with Crippen LogP contribution in [0.3, 0.4) is 0 Å². The minimum absolute atomic E-state index is 0.269. The minimum atomic E-state index is -0.350. The van der Waals surface area contributed by atoms with Crippen LogP contribution in [0, 0.1) is 12.7 Å². The number of rotatable bonds is 3. The Morgan fingerprint density at radius 3 is 2.63 bits per heavy atom. The number of anilines is 1. The summed E-state index contributed by atoms with van der Waals surface area (Å²) in [6.07, 6.45) is 1.66. The van der Waals surface area contributed by atoms with Crippen LogP contribution in [-0.2, 0) is 0 Å². The van der Waals surface area contributed by atoms with E-state index in [2.05, 4.69) is 15.3 Å². The van der Waals surface area contributed by atoms with Crippen molar-refractivity contribution in [3.05, 3.63) is 89.9 Å². The van der Waals surface area contributed by atoms with Crippen LogP contribution in [0.25, 0.3) is 22.2 Å². The van der Waals surface area contributed by atoms with Crippen molar-refractivity contribution < 1.29 is 9.18 Å². The first-order valence-electron chi connectivity index (χ1n) is 8.50. The Hall–Kier alpha value is -3.60. The van der Waals surface area contributed by atoms with Crippen molar-refractivity contribution in [1.29, 1.82) is 0 Å². The van der Waals surface area contributed by atoms with E-state index in [4.69, 9.17) is 0 Å². The first kappa shape index (κ1) is 16.8. The number of pyridine rings is 2. The van der Waals surface area contributed by atoms with Crippen LogP contribution >= 0.6 is 0 Å². The molecule has 0 fully saturated rings. The first-order valence-corrected chi connectivity index (χ1v) is 8.50. The average molecular weight is 357 g/mol. The third kappa shape index (κ3) is 3.53. The largest absolute Gasteiger partial charge is 0.306 e. The molecule has 2 heterocycles. The Labute approximate surface area is 155 Å². The van der Waals surface area contributed by atoms with E-state index in [-0.39, 0.29) is 11.7 Å². The van der Waals surface area contributed by atoms with Crippen LogP contribution in [0.2, 0.25) is 0 Å². The van der Waals surface area contributed by atoms with Gasteiger partial charge in [-0.2, -0.15) is 0 Å². The number of aryl methyl sites for hydroxylation is 1. The molecular weight excluding hydrogens is 341 g/mol. The van der Waals surface area contributed by atoms with Crippen LogP contribution in [0.1, 0.15) is 15.9 Å². The molecule has 4 aromatic rings. The zero-order valence-corrected chi connectivity index (χ0v) is 14.6. The Kier molecular flexibility index (Phi) is 4.34. The lowest BCUT2D eigenvalue weighted by Gasteiger charge is -2.11. The summed E-state index contributed by atoms with van der Waals surface area (Å²) >= 11 is 0. The van der Waals surface area contributed by atoms with E-state index in [1.54, 1.807) is 30.5 Å². The van der Waals surface area contributed by atoms with Gasteiger partial charge in [-0.25, -0.2) is 9.37 Å². The SMILES string of the molecule is Cc1cccc(C(=O)Nc2nc(-c3ccccn3)cc3cc(F)ccc23)c1. The van der Waals surface area contributed by atoms with Gasteiger partial charge in [0.05, 0.1) is 11.4 Å². The number of carbonyl (C=O) groups excluding carboxylic acids is 1. The van der Waals surface area contributed by atoms with Crippen molar-refractivity contribution in [2.45, 2.75) is 6.92 Å². The van der Waals surface area contributed by atoms with Crippen LogP contribution in [0.5, 0.6) is 0 Å². The molecule has 0 saturated heterocycles. The molecular formula is C22H16FN3O. The lowest BCUT2D eigenvalue weighted by Crippen LogP contribution is -2.13. The average Bonchev–Trinajstić information content (AvgIpc) is 2.68. The Morgan fingerprint density at radius 1 is 0.963 bits per heavy atom. The van der Waals surface area contributed by atoms with E-state index in [1.165, 1.54) is 12.1 Å². The molecule has 1 amide bonds. The van der Waals surface area contributed by atoms with Gasteiger partial charge in [0.2, 0.25) is 0 Å². The van der Waals surface area contributed by atoms with E-state index >= 15 is 0 Å². The van der Waals surface area contributed by atoms with Crippen LogP contribution in [-0.4, -0.2) is 15.9 Å². The lowest BCUT2D eigenvalue weighted by molar-refractivity contribution is 0.102. The van der Waals surface area contributed by atoms with Gasteiger partial charge in [0.25, 0.3) is 5.91 Å². The molecule has 0 bridgehead atoms. The van der Waals surface area contributed by atoms with Crippen molar-refractivity contribution in [2.24, 2.45) is 0 Å². The fourth-order valence-corrected chi connectivity index (χ4v) is 2.94. The fraction of sp³-hybridized carbons (Fsp3) is 0.0455. The highest BCUT2D eigenvalue weighted by molar-refractivity contribution is 6.08. The zero-order chi connectivity index (χ0) is 18.8. The number of halogens is 1.